The predicted octanol–water partition coefficient (Wildman–Crippen LogP) is 5.24. The number of alkyl halides is 1. The number of hydrogen-bond donors (Lipinski definition) is 0. The summed E-state index contributed by atoms with van der Waals surface area (Å²) >= 11 is 9.31. The Balaban J connectivity index is 2.50. The van der Waals surface area contributed by atoms with Crippen molar-refractivity contribution in [3.05, 3.63) is 62.7 Å². The number of aryl methyl sites for hydroxylation is 1. The fourth-order valence-corrected chi connectivity index (χ4v) is 2.38. The third kappa shape index (κ3) is 3.11. The first kappa shape index (κ1) is 14.8. The average Bonchev–Trinajstić information content (AvgIpc) is 2.41. The Labute approximate surface area is 129 Å². The monoisotopic (exact) mass is 355 g/mol. The second-order valence-electron chi connectivity index (χ2n) is 4.17. The predicted molar refractivity (Wildman–Crippen MR) is 82.0 cm³/mol. The molecule has 0 atom stereocenters. The van der Waals surface area contributed by atoms with E-state index in [0.717, 1.165) is 5.56 Å². The van der Waals surface area contributed by atoms with Gasteiger partial charge in [-0.05, 0) is 24.6 Å². The molecular weight excluding hydrogens is 346 g/mol. The minimum Gasteiger partial charge on any atom is -0.449 e. The third-order valence-corrected chi connectivity index (χ3v) is 3.61. The van der Waals surface area contributed by atoms with E-state index in [1.54, 1.807) is 31.2 Å². The molecule has 2 aromatic rings. The van der Waals surface area contributed by atoms with E-state index in [2.05, 4.69) is 15.9 Å². The van der Waals surface area contributed by atoms with E-state index in [1.807, 2.05) is 6.07 Å². The molecule has 0 aliphatic heterocycles. The summed E-state index contributed by atoms with van der Waals surface area (Å²) in [4.78, 5) is 10.6. The molecule has 0 aliphatic carbocycles. The van der Waals surface area contributed by atoms with Crippen LogP contribution in [0.1, 0.15) is 11.1 Å². The fourth-order valence-electron chi connectivity index (χ4n) is 1.76. The number of halogens is 2. The molecule has 0 fully saturated rings. The summed E-state index contributed by atoms with van der Waals surface area (Å²) in [6, 6.07) is 10.0. The van der Waals surface area contributed by atoms with Crippen LogP contribution in [-0.4, -0.2) is 4.92 Å². The molecule has 0 spiro atoms. The maximum absolute atomic E-state index is 11.1. The highest BCUT2D eigenvalue weighted by molar-refractivity contribution is 9.08. The quantitative estimate of drug-likeness (QED) is 0.427. The van der Waals surface area contributed by atoms with Gasteiger partial charge in [0.05, 0.1) is 4.92 Å². The van der Waals surface area contributed by atoms with Gasteiger partial charge in [-0.1, -0.05) is 45.7 Å². The highest BCUT2D eigenvalue weighted by Crippen LogP contribution is 2.37. The highest BCUT2D eigenvalue weighted by atomic mass is 79.9. The standard InChI is InChI=1S/C14H11BrClNO3/c1-9-3-2-4-12(17(18)19)14(9)20-13-7-11(16)6-5-10(13)8-15/h2-7H,8H2,1H3. The molecule has 0 N–H and O–H groups in total. The normalized spacial score (nSPS) is 10.3. The molecule has 2 rings (SSSR count). The first-order chi connectivity index (χ1) is 9.52. The second kappa shape index (κ2) is 6.24. The van der Waals surface area contributed by atoms with Gasteiger partial charge in [-0.25, -0.2) is 0 Å². The van der Waals surface area contributed by atoms with Crippen molar-refractivity contribution < 1.29 is 9.66 Å². The number of nitro benzene ring substituents is 1. The molecule has 0 heterocycles. The molecule has 104 valence electrons. The van der Waals surface area contributed by atoms with Crippen molar-refractivity contribution in [1.82, 2.24) is 0 Å². The summed E-state index contributed by atoms with van der Waals surface area (Å²) in [6.07, 6.45) is 0. The van der Waals surface area contributed by atoms with Crippen LogP contribution in [0.25, 0.3) is 0 Å². The molecule has 0 saturated heterocycles. The van der Waals surface area contributed by atoms with Crippen molar-refractivity contribution >= 4 is 33.2 Å². The molecule has 0 radical (unpaired) electrons. The van der Waals surface area contributed by atoms with Gasteiger partial charge in [0.2, 0.25) is 5.75 Å². The summed E-state index contributed by atoms with van der Waals surface area (Å²) in [7, 11) is 0. The lowest BCUT2D eigenvalue weighted by atomic mass is 10.2. The van der Waals surface area contributed by atoms with Crippen LogP contribution in [0.4, 0.5) is 5.69 Å². The minimum absolute atomic E-state index is 0.0644. The van der Waals surface area contributed by atoms with Crippen LogP contribution >= 0.6 is 27.5 Å². The molecule has 0 bridgehead atoms. The fraction of sp³-hybridized carbons (Fsp3) is 0.143. The van der Waals surface area contributed by atoms with E-state index in [9.17, 15) is 10.1 Å². The first-order valence-corrected chi connectivity index (χ1v) is 7.29. The number of ether oxygens (including phenoxy) is 1. The van der Waals surface area contributed by atoms with Gasteiger partial charge >= 0.3 is 5.69 Å². The molecule has 4 nitrogen and oxygen atoms in total. The molecule has 0 amide bonds. The van der Waals surface area contributed by atoms with Gasteiger partial charge in [-0.2, -0.15) is 0 Å². The molecule has 0 aromatic heterocycles. The van der Waals surface area contributed by atoms with Gasteiger partial charge in [-0.15, -0.1) is 0 Å². The van der Waals surface area contributed by atoms with Gasteiger partial charge in [0.25, 0.3) is 0 Å². The number of hydrogen-bond acceptors (Lipinski definition) is 3. The SMILES string of the molecule is Cc1cccc([N+](=O)[O-])c1Oc1cc(Cl)ccc1CBr. The summed E-state index contributed by atoms with van der Waals surface area (Å²) in [5.41, 5.74) is 1.50. The third-order valence-electron chi connectivity index (χ3n) is 2.77. The Bertz CT molecular complexity index is 661. The summed E-state index contributed by atoms with van der Waals surface area (Å²) in [5.74, 6) is 0.744. The zero-order valence-corrected chi connectivity index (χ0v) is 12.9. The Morgan fingerprint density at radius 1 is 1.35 bits per heavy atom. The molecule has 0 aliphatic rings. The maximum Gasteiger partial charge on any atom is 0.311 e. The zero-order chi connectivity index (χ0) is 14.7. The maximum atomic E-state index is 11.1. The summed E-state index contributed by atoms with van der Waals surface area (Å²) < 4.78 is 5.75. The molecule has 0 unspecified atom stereocenters. The Morgan fingerprint density at radius 2 is 2.10 bits per heavy atom. The van der Waals surface area contributed by atoms with E-state index < -0.39 is 4.92 Å². The number of nitro groups is 1. The molecule has 2 aromatic carbocycles. The molecule has 6 heteroatoms. The number of rotatable bonds is 4. The highest BCUT2D eigenvalue weighted by Gasteiger charge is 2.19. The lowest BCUT2D eigenvalue weighted by molar-refractivity contribution is -0.385. The van der Waals surface area contributed by atoms with Crippen molar-refractivity contribution in [3.8, 4) is 11.5 Å². The van der Waals surface area contributed by atoms with Crippen LogP contribution in [0.2, 0.25) is 5.02 Å². The lowest BCUT2D eigenvalue weighted by Gasteiger charge is -2.12. The van der Waals surface area contributed by atoms with E-state index in [0.29, 0.717) is 21.7 Å². The number of benzene rings is 2. The Hall–Kier alpha value is -1.59. The zero-order valence-electron chi connectivity index (χ0n) is 10.6. The van der Waals surface area contributed by atoms with E-state index >= 15 is 0 Å². The minimum atomic E-state index is -0.458. The lowest BCUT2D eigenvalue weighted by Crippen LogP contribution is -1.97. The van der Waals surface area contributed by atoms with E-state index in [4.69, 9.17) is 16.3 Å². The van der Waals surface area contributed by atoms with Gasteiger partial charge in [0, 0.05) is 22.0 Å². The average molecular weight is 357 g/mol. The van der Waals surface area contributed by atoms with Crippen LogP contribution in [-0.2, 0) is 5.33 Å². The second-order valence-corrected chi connectivity index (χ2v) is 5.17. The smallest absolute Gasteiger partial charge is 0.311 e. The van der Waals surface area contributed by atoms with Gasteiger partial charge in [0.1, 0.15) is 5.75 Å². The summed E-state index contributed by atoms with van der Waals surface area (Å²) in [5, 5.41) is 12.2. The van der Waals surface area contributed by atoms with Crippen molar-refractivity contribution in [3.63, 3.8) is 0 Å². The van der Waals surface area contributed by atoms with Gasteiger partial charge < -0.3 is 4.74 Å². The van der Waals surface area contributed by atoms with Crippen LogP contribution in [0.5, 0.6) is 11.5 Å². The number of para-hydroxylation sites is 1. The van der Waals surface area contributed by atoms with Crippen molar-refractivity contribution in [2.24, 2.45) is 0 Å². The Morgan fingerprint density at radius 3 is 2.75 bits per heavy atom. The van der Waals surface area contributed by atoms with Crippen LogP contribution in [0, 0.1) is 17.0 Å². The number of nitrogens with zero attached hydrogens (tertiary/aromatic N) is 1. The molecule has 20 heavy (non-hydrogen) atoms. The molecule has 0 saturated carbocycles. The van der Waals surface area contributed by atoms with Crippen molar-refractivity contribution in [2.75, 3.05) is 0 Å². The van der Waals surface area contributed by atoms with Crippen molar-refractivity contribution in [2.45, 2.75) is 12.3 Å². The van der Waals surface area contributed by atoms with E-state index in [-0.39, 0.29) is 11.4 Å². The van der Waals surface area contributed by atoms with E-state index in [1.165, 1.54) is 6.07 Å². The van der Waals surface area contributed by atoms with Crippen LogP contribution in [0.15, 0.2) is 36.4 Å². The Kier molecular flexibility index (Phi) is 4.62. The van der Waals surface area contributed by atoms with Gasteiger partial charge in [0.15, 0.2) is 0 Å². The van der Waals surface area contributed by atoms with Gasteiger partial charge in [-0.3, -0.25) is 10.1 Å². The topological polar surface area (TPSA) is 52.4 Å². The first-order valence-electron chi connectivity index (χ1n) is 5.79. The summed E-state index contributed by atoms with van der Waals surface area (Å²) in [6.45, 7) is 1.76. The molecular formula is C14H11BrClNO3. The van der Waals surface area contributed by atoms with Crippen LogP contribution in [0.3, 0.4) is 0 Å². The largest absolute Gasteiger partial charge is 0.449 e. The van der Waals surface area contributed by atoms with Crippen molar-refractivity contribution in [1.29, 1.82) is 0 Å². The van der Waals surface area contributed by atoms with Crippen LogP contribution < -0.4 is 4.74 Å².